The van der Waals surface area contributed by atoms with Crippen molar-refractivity contribution in [1.29, 1.82) is 0 Å². The molecule has 0 amide bonds. The topological polar surface area (TPSA) is 43.2 Å². The summed E-state index contributed by atoms with van der Waals surface area (Å²) in [5, 5.41) is 0. The van der Waals surface area contributed by atoms with Crippen molar-refractivity contribution in [2.75, 3.05) is 26.3 Å². The van der Waals surface area contributed by atoms with E-state index in [1.54, 1.807) is 0 Å². The molecule has 90 valence electrons. The Morgan fingerprint density at radius 2 is 1.56 bits per heavy atom. The molecule has 0 aliphatic carbocycles. The first kappa shape index (κ1) is 11.4. The zero-order chi connectivity index (χ0) is 11.4. The van der Waals surface area contributed by atoms with Gasteiger partial charge in [-0.1, -0.05) is 6.92 Å². The Morgan fingerprint density at radius 3 is 1.88 bits per heavy atom. The highest BCUT2D eigenvalue weighted by atomic mass is 16.5. The lowest BCUT2D eigenvalue weighted by Gasteiger charge is -2.33. The van der Waals surface area contributed by atoms with E-state index in [4.69, 9.17) is 9.47 Å². The first-order valence-electron chi connectivity index (χ1n) is 6.13. The van der Waals surface area contributed by atoms with Crippen molar-refractivity contribution in [1.82, 2.24) is 0 Å². The van der Waals surface area contributed by atoms with Gasteiger partial charge in [0.1, 0.15) is 5.41 Å². The van der Waals surface area contributed by atoms with Crippen LogP contribution in [0.5, 0.6) is 0 Å². The van der Waals surface area contributed by atoms with E-state index in [9.17, 15) is 0 Å². The van der Waals surface area contributed by atoms with Gasteiger partial charge in [-0.05, 0) is 13.3 Å². The van der Waals surface area contributed by atoms with Gasteiger partial charge >= 0.3 is 0 Å². The second-order valence-electron chi connectivity index (χ2n) is 4.46. The smallest absolute Gasteiger partial charge is 0.198 e. The van der Waals surface area contributed by atoms with Gasteiger partial charge in [0.05, 0.1) is 13.2 Å². The molecule has 0 fully saturated rings. The molecule has 2 aliphatic rings. The van der Waals surface area contributed by atoms with Gasteiger partial charge in [0, 0.05) is 25.9 Å². The summed E-state index contributed by atoms with van der Waals surface area (Å²) in [6.07, 6.45) is 2.93. The number of hydrogen-bond acceptors (Lipinski definition) is 4. The number of aliphatic imine (C=N–C) groups is 2. The molecule has 2 rings (SSSR count). The summed E-state index contributed by atoms with van der Waals surface area (Å²) in [6.45, 7) is 7.49. The summed E-state index contributed by atoms with van der Waals surface area (Å²) in [7, 11) is 0. The van der Waals surface area contributed by atoms with Crippen LogP contribution in [0.25, 0.3) is 0 Å². The summed E-state index contributed by atoms with van der Waals surface area (Å²) < 4.78 is 11.4. The van der Waals surface area contributed by atoms with Gasteiger partial charge in [-0.25, -0.2) is 0 Å². The molecule has 0 spiro atoms. The predicted molar refractivity (Wildman–Crippen MR) is 64.1 cm³/mol. The highest BCUT2D eigenvalue weighted by molar-refractivity contribution is 6.05. The van der Waals surface area contributed by atoms with Gasteiger partial charge in [-0.15, -0.1) is 0 Å². The van der Waals surface area contributed by atoms with Gasteiger partial charge < -0.3 is 9.47 Å². The molecular weight excluding hydrogens is 204 g/mol. The van der Waals surface area contributed by atoms with Crippen LogP contribution in [0.2, 0.25) is 0 Å². The highest BCUT2D eigenvalue weighted by Gasteiger charge is 2.39. The summed E-state index contributed by atoms with van der Waals surface area (Å²) in [6, 6.07) is 0. The summed E-state index contributed by atoms with van der Waals surface area (Å²) in [5.41, 5.74) is -0.263. The first-order valence-corrected chi connectivity index (χ1v) is 6.13. The Bertz CT molecular complexity index is 284. The molecule has 4 heteroatoms. The predicted octanol–water partition coefficient (Wildman–Crippen LogP) is 2.04. The van der Waals surface area contributed by atoms with Crippen molar-refractivity contribution in [3.8, 4) is 0 Å². The van der Waals surface area contributed by atoms with E-state index in [0.717, 1.165) is 57.4 Å². The molecule has 0 aromatic rings. The quantitative estimate of drug-likeness (QED) is 0.736. The van der Waals surface area contributed by atoms with Crippen molar-refractivity contribution < 1.29 is 9.47 Å². The number of rotatable bonds is 3. The zero-order valence-corrected chi connectivity index (χ0v) is 10.2. The van der Waals surface area contributed by atoms with Crippen molar-refractivity contribution >= 4 is 11.8 Å². The van der Waals surface area contributed by atoms with E-state index < -0.39 is 0 Å². The maximum Gasteiger partial charge on any atom is 0.198 e. The van der Waals surface area contributed by atoms with Gasteiger partial charge in [-0.2, -0.15) is 0 Å². The molecule has 0 atom stereocenters. The monoisotopic (exact) mass is 224 g/mol. The Balaban J connectivity index is 2.23. The summed E-state index contributed by atoms with van der Waals surface area (Å²) in [4.78, 5) is 8.96. The van der Waals surface area contributed by atoms with Crippen LogP contribution in [0, 0.1) is 5.41 Å². The van der Waals surface area contributed by atoms with E-state index in [0.29, 0.717) is 0 Å². The van der Waals surface area contributed by atoms with Gasteiger partial charge in [0.25, 0.3) is 0 Å². The third-order valence-electron chi connectivity index (χ3n) is 3.24. The maximum absolute atomic E-state index is 5.68. The fraction of sp³-hybridized carbons (Fsp3) is 0.833. The van der Waals surface area contributed by atoms with Crippen molar-refractivity contribution in [2.45, 2.75) is 33.1 Å². The third kappa shape index (κ3) is 2.06. The number of hydrogen-bond donors (Lipinski definition) is 0. The molecule has 2 aliphatic heterocycles. The van der Waals surface area contributed by atoms with Crippen LogP contribution >= 0.6 is 0 Å². The standard InChI is InChI=1S/C12H20N2O2/c1-3-12(2,10-13-6-4-8-15-10)11-14-7-5-9-16-11/h3-9H2,1-2H3. The Hall–Kier alpha value is -1.06. The molecule has 4 nitrogen and oxygen atoms in total. The van der Waals surface area contributed by atoms with Crippen LogP contribution in [-0.2, 0) is 9.47 Å². The Labute approximate surface area is 96.8 Å². The van der Waals surface area contributed by atoms with Crippen molar-refractivity contribution in [2.24, 2.45) is 15.4 Å². The minimum Gasteiger partial charge on any atom is -0.480 e. The largest absolute Gasteiger partial charge is 0.480 e. The lowest BCUT2D eigenvalue weighted by Crippen LogP contribution is -2.42. The molecule has 0 unspecified atom stereocenters. The fourth-order valence-corrected chi connectivity index (χ4v) is 1.98. The molecule has 0 aromatic carbocycles. The zero-order valence-electron chi connectivity index (χ0n) is 10.2. The van der Waals surface area contributed by atoms with E-state index in [1.807, 2.05) is 0 Å². The normalized spacial score (nSPS) is 21.6. The van der Waals surface area contributed by atoms with E-state index in [-0.39, 0.29) is 5.41 Å². The Kier molecular flexibility index (Phi) is 3.46. The average Bonchev–Trinajstić information content (AvgIpc) is 2.40. The van der Waals surface area contributed by atoms with Crippen molar-refractivity contribution in [3.05, 3.63) is 0 Å². The van der Waals surface area contributed by atoms with E-state index in [2.05, 4.69) is 23.8 Å². The minimum absolute atomic E-state index is 0.263. The van der Waals surface area contributed by atoms with Crippen LogP contribution in [-0.4, -0.2) is 38.1 Å². The van der Waals surface area contributed by atoms with Gasteiger partial charge in [0.15, 0.2) is 11.8 Å². The molecule has 16 heavy (non-hydrogen) atoms. The second-order valence-corrected chi connectivity index (χ2v) is 4.46. The molecule has 0 saturated heterocycles. The second kappa shape index (κ2) is 4.85. The van der Waals surface area contributed by atoms with Crippen molar-refractivity contribution in [3.63, 3.8) is 0 Å². The SMILES string of the molecule is CCC(C)(C1=NCCCO1)C1=NCCCO1. The summed E-state index contributed by atoms with van der Waals surface area (Å²) >= 11 is 0. The van der Waals surface area contributed by atoms with Gasteiger partial charge in [0.2, 0.25) is 0 Å². The average molecular weight is 224 g/mol. The highest BCUT2D eigenvalue weighted by Crippen LogP contribution is 2.29. The third-order valence-corrected chi connectivity index (χ3v) is 3.24. The van der Waals surface area contributed by atoms with E-state index in [1.165, 1.54) is 0 Å². The molecule has 0 bridgehead atoms. The molecule has 0 N–H and O–H groups in total. The fourth-order valence-electron chi connectivity index (χ4n) is 1.98. The van der Waals surface area contributed by atoms with Gasteiger partial charge in [-0.3, -0.25) is 9.98 Å². The molecule has 0 aromatic heterocycles. The van der Waals surface area contributed by atoms with Crippen LogP contribution < -0.4 is 0 Å². The lowest BCUT2D eigenvalue weighted by atomic mass is 9.86. The van der Waals surface area contributed by atoms with Crippen LogP contribution in [0.15, 0.2) is 9.98 Å². The summed E-state index contributed by atoms with van der Waals surface area (Å²) in [5.74, 6) is 1.61. The maximum atomic E-state index is 5.68. The van der Waals surface area contributed by atoms with Crippen LogP contribution in [0.4, 0.5) is 0 Å². The molecule has 0 saturated carbocycles. The Morgan fingerprint density at radius 1 is 1.06 bits per heavy atom. The molecule has 2 heterocycles. The van der Waals surface area contributed by atoms with E-state index >= 15 is 0 Å². The molecule has 0 radical (unpaired) electrons. The lowest BCUT2D eigenvalue weighted by molar-refractivity contribution is 0.211. The van der Waals surface area contributed by atoms with Crippen LogP contribution in [0.3, 0.4) is 0 Å². The number of ether oxygens (including phenoxy) is 2. The minimum atomic E-state index is -0.263. The molecular formula is C12H20N2O2. The van der Waals surface area contributed by atoms with Crippen LogP contribution in [0.1, 0.15) is 33.1 Å². The number of nitrogens with zero attached hydrogens (tertiary/aromatic N) is 2. The first-order chi connectivity index (χ1) is 7.77.